The molecule has 1 saturated heterocycles. The second-order valence-electron chi connectivity index (χ2n) is 6.03. The average molecular weight is 288 g/mol. The number of nitrogens with zero attached hydrogens (tertiary/aromatic N) is 1. The number of hydrogen-bond acceptors (Lipinski definition) is 2. The predicted octanol–water partition coefficient (Wildman–Crippen LogP) is 3.86. The van der Waals surface area contributed by atoms with Crippen LogP contribution in [-0.4, -0.2) is 22.9 Å². The molecule has 1 aromatic carbocycles. The van der Waals surface area contributed by atoms with E-state index in [0.717, 1.165) is 19.3 Å². The molecule has 3 atom stereocenters. The van der Waals surface area contributed by atoms with Crippen molar-refractivity contribution in [1.82, 2.24) is 10.2 Å². The fraction of sp³-hybridized carbons (Fsp3) is 0.611. The molecule has 3 heteroatoms. The van der Waals surface area contributed by atoms with Crippen LogP contribution in [0.1, 0.15) is 64.6 Å². The summed E-state index contributed by atoms with van der Waals surface area (Å²) in [4.78, 5) is 14.7. The Morgan fingerprint density at radius 1 is 1.14 bits per heavy atom. The van der Waals surface area contributed by atoms with E-state index in [1.54, 1.807) is 0 Å². The first-order valence-electron chi connectivity index (χ1n) is 8.32. The average Bonchev–Trinajstić information content (AvgIpc) is 2.80. The van der Waals surface area contributed by atoms with Crippen molar-refractivity contribution in [2.24, 2.45) is 0 Å². The lowest BCUT2D eigenvalue weighted by molar-refractivity contribution is -0.132. The van der Waals surface area contributed by atoms with Crippen LogP contribution in [-0.2, 0) is 4.79 Å². The van der Waals surface area contributed by atoms with Gasteiger partial charge in [-0.15, -0.1) is 0 Å². The molecule has 0 spiro atoms. The molecule has 0 bridgehead atoms. The number of carbonyl (C=O) groups is 1. The van der Waals surface area contributed by atoms with E-state index in [1.165, 1.54) is 18.4 Å². The molecule has 116 valence electrons. The summed E-state index contributed by atoms with van der Waals surface area (Å²) < 4.78 is 0. The number of amides is 1. The Hall–Kier alpha value is -1.35. The molecule has 3 unspecified atom stereocenters. The van der Waals surface area contributed by atoms with E-state index in [9.17, 15) is 4.79 Å². The summed E-state index contributed by atoms with van der Waals surface area (Å²) in [6.45, 7) is 6.39. The molecule has 1 heterocycles. The summed E-state index contributed by atoms with van der Waals surface area (Å²) in [5.74, 6) is 0.249. The Balaban J connectivity index is 2.24. The molecular formula is C18H28N2O. The predicted molar refractivity (Wildman–Crippen MR) is 86.8 cm³/mol. The number of unbranched alkanes of at least 4 members (excludes halogenated alkanes) is 1. The van der Waals surface area contributed by atoms with Gasteiger partial charge in [-0.05, 0) is 25.3 Å². The Labute approximate surface area is 128 Å². The second kappa shape index (κ2) is 7.60. The van der Waals surface area contributed by atoms with Gasteiger partial charge in [0.1, 0.15) is 6.17 Å². The van der Waals surface area contributed by atoms with Gasteiger partial charge in [-0.2, -0.15) is 0 Å². The molecule has 2 rings (SSSR count). The molecule has 0 aromatic heterocycles. The van der Waals surface area contributed by atoms with Crippen molar-refractivity contribution >= 4 is 5.91 Å². The zero-order valence-corrected chi connectivity index (χ0v) is 13.5. The lowest BCUT2D eigenvalue weighted by atomic mass is 10.0. The Kier molecular flexibility index (Phi) is 5.80. The van der Waals surface area contributed by atoms with Gasteiger partial charge < -0.3 is 4.90 Å². The smallest absolute Gasteiger partial charge is 0.241 e. The topological polar surface area (TPSA) is 32.3 Å². The van der Waals surface area contributed by atoms with Crippen LogP contribution in [0, 0.1) is 0 Å². The maximum atomic E-state index is 12.6. The summed E-state index contributed by atoms with van der Waals surface area (Å²) in [6, 6.07) is 10.6. The van der Waals surface area contributed by atoms with Crippen LogP contribution in [0.25, 0.3) is 0 Å². The van der Waals surface area contributed by atoms with E-state index in [4.69, 9.17) is 0 Å². The minimum atomic E-state index is -0.0869. The lowest BCUT2D eigenvalue weighted by Gasteiger charge is -2.33. The summed E-state index contributed by atoms with van der Waals surface area (Å²) >= 11 is 0. The summed E-state index contributed by atoms with van der Waals surface area (Å²) in [5, 5.41) is 3.46. The second-order valence-corrected chi connectivity index (χ2v) is 6.03. The molecule has 1 aromatic rings. The molecule has 0 saturated carbocycles. The third-order valence-electron chi connectivity index (χ3n) is 4.33. The Morgan fingerprint density at radius 2 is 1.86 bits per heavy atom. The Morgan fingerprint density at radius 3 is 2.48 bits per heavy atom. The van der Waals surface area contributed by atoms with E-state index in [2.05, 4.69) is 36.2 Å². The molecule has 21 heavy (non-hydrogen) atoms. The highest BCUT2D eigenvalue weighted by molar-refractivity contribution is 5.84. The summed E-state index contributed by atoms with van der Waals surface area (Å²) in [7, 11) is 0. The van der Waals surface area contributed by atoms with E-state index in [1.807, 2.05) is 25.1 Å². The first-order valence-corrected chi connectivity index (χ1v) is 8.32. The molecule has 1 amide bonds. The van der Waals surface area contributed by atoms with Gasteiger partial charge >= 0.3 is 0 Å². The van der Waals surface area contributed by atoms with Crippen molar-refractivity contribution in [3.8, 4) is 0 Å². The van der Waals surface area contributed by atoms with Gasteiger partial charge in [-0.1, -0.05) is 63.4 Å². The highest BCUT2D eigenvalue weighted by atomic mass is 16.2. The Bertz CT molecular complexity index is 446. The van der Waals surface area contributed by atoms with Crippen molar-refractivity contribution in [3.63, 3.8) is 0 Å². The molecular weight excluding hydrogens is 260 g/mol. The van der Waals surface area contributed by atoms with Gasteiger partial charge in [0.05, 0.1) is 6.04 Å². The van der Waals surface area contributed by atoms with Crippen LogP contribution < -0.4 is 5.32 Å². The quantitative estimate of drug-likeness (QED) is 0.826. The third-order valence-corrected chi connectivity index (χ3v) is 4.33. The van der Waals surface area contributed by atoms with Gasteiger partial charge in [0.25, 0.3) is 0 Å². The first kappa shape index (κ1) is 16.0. The highest BCUT2D eigenvalue weighted by Crippen LogP contribution is 2.30. The molecule has 1 aliphatic rings. The van der Waals surface area contributed by atoms with Crippen LogP contribution in [0.15, 0.2) is 30.3 Å². The number of carbonyl (C=O) groups excluding carboxylic acids is 1. The maximum Gasteiger partial charge on any atom is 0.241 e. The van der Waals surface area contributed by atoms with Crippen molar-refractivity contribution in [2.75, 3.05) is 0 Å². The van der Waals surface area contributed by atoms with E-state index in [-0.39, 0.29) is 18.1 Å². The molecule has 1 fully saturated rings. The summed E-state index contributed by atoms with van der Waals surface area (Å²) in [5.41, 5.74) is 1.19. The van der Waals surface area contributed by atoms with Gasteiger partial charge in [0.2, 0.25) is 5.91 Å². The minimum absolute atomic E-state index is 0.0297. The zero-order chi connectivity index (χ0) is 15.2. The van der Waals surface area contributed by atoms with E-state index >= 15 is 0 Å². The van der Waals surface area contributed by atoms with Gasteiger partial charge in [-0.3, -0.25) is 10.1 Å². The van der Waals surface area contributed by atoms with Crippen LogP contribution in [0.3, 0.4) is 0 Å². The van der Waals surface area contributed by atoms with Crippen molar-refractivity contribution in [3.05, 3.63) is 35.9 Å². The third kappa shape index (κ3) is 3.65. The van der Waals surface area contributed by atoms with Crippen molar-refractivity contribution in [1.29, 1.82) is 0 Å². The fourth-order valence-electron chi connectivity index (χ4n) is 3.22. The van der Waals surface area contributed by atoms with Gasteiger partial charge in [0.15, 0.2) is 0 Å². The lowest BCUT2D eigenvalue weighted by Crippen LogP contribution is -2.40. The molecule has 1 aliphatic heterocycles. The normalized spacial score (nSPS) is 23.6. The molecule has 0 radical (unpaired) electrons. The number of hydrogen-bond donors (Lipinski definition) is 1. The van der Waals surface area contributed by atoms with Crippen molar-refractivity contribution < 1.29 is 4.79 Å². The minimum Gasteiger partial charge on any atom is -0.319 e. The van der Waals surface area contributed by atoms with Gasteiger partial charge in [0, 0.05) is 6.04 Å². The number of nitrogens with one attached hydrogen (secondary N) is 1. The highest BCUT2D eigenvalue weighted by Gasteiger charge is 2.40. The monoisotopic (exact) mass is 288 g/mol. The largest absolute Gasteiger partial charge is 0.319 e. The maximum absolute atomic E-state index is 12.6. The zero-order valence-electron chi connectivity index (χ0n) is 13.5. The van der Waals surface area contributed by atoms with Crippen LogP contribution in [0.4, 0.5) is 0 Å². The SMILES string of the molecule is CCCCC(CCC)N1C(=O)C(C)NC1c1ccccc1. The van der Waals surface area contributed by atoms with E-state index in [0.29, 0.717) is 6.04 Å². The van der Waals surface area contributed by atoms with E-state index < -0.39 is 0 Å². The van der Waals surface area contributed by atoms with Crippen molar-refractivity contribution in [2.45, 2.75) is 71.1 Å². The molecule has 3 nitrogen and oxygen atoms in total. The van der Waals surface area contributed by atoms with Gasteiger partial charge in [-0.25, -0.2) is 0 Å². The first-order chi connectivity index (χ1) is 10.2. The molecule has 1 N–H and O–H groups in total. The standard InChI is InChI=1S/C18H28N2O/c1-4-6-13-16(10-5-2)20-17(19-14(3)18(20)21)15-11-8-7-9-12-15/h7-9,11-12,14,16-17,19H,4-6,10,13H2,1-3H3. The number of rotatable bonds is 7. The van der Waals surface area contributed by atoms with Crippen LogP contribution in [0.2, 0.25) is 0 Å². The number of benzene rings is 1. The summed E-state index contributed by atoms with van der Waals surface area (Å²) in [6.07, 6.45) is 5.71. The van der Waals surface area contributed by atoms with Crippen LogP contribution in [0.5, 0.6) is 0 Å². The molecule has 0 aliphatic carbocycles. The van der Waals surface area contributed by atoms with Crippen LogP contribution >= 0.6 is 0 Å². The fourth-order valence-corrected chi connectivity index (χ4v) is 3.22.